The third kappa shape index (κ3) is 2.04. The number of nitrogens with one attached hydrogen (secondary N) is 1. The van der Waals surface area contributed by atoms with Crippen LogP contribution in [0.1, 0.15) is 6.92 Å². The van der Waals surface area contributed by atoms with Crippen molar-refractivity contribution in [1.82, 2.24) is 0 Å². The molecule has 1 amide bonds. The van der Waals surface area contributed by atoms with Crippen molar-refractivity contribution >= 4 is 11.6 Å². The molecule has 3 N–H and O–H groups in total. The second-order valence-corrected chi connectivity index (χ2v) is 2.91. The van der Waals surface area contributed by atoms with Crippen LogP contribution >= 0.6 is 0 Å². The molecule has 14 heavy (non-hydrogen) atoms. The predicted octanol–water partition coefficient (Wildman–Crippen LogP) is 1.61. The molecule has 0 saturated heterocycles. The van der Waals surface area contributed by atoms with E-state index in [0.717, 1.165) is 0 Å². The molecule has 4 nitrogen and oxygen atoms in total. The van der Waals surface area contributed by atoms with Crippen LogP contribution in [0.4, 0.5) is 5.69 Å². The van der Waals surface area contributed by atoms with E-state index >= 15 is 0 Å². The van der Waals surface area contributed by atoms with E-state index in [2.05, 4.69) is 11.9 Å². The quantitative estimate of drug-likeness (QED) is 0.493. The van der Waals surface area contributed by atoms with Crippen LogP contribution in [0.25, 0.3) is 0 Å². The van der Waals surface area contributed by atoms with Gasteiger partial charge in [0.15, 0.2) is 0 Å². The number of hydrogen-bond acceptors (Lipinski definition) is 3. The van der Waals surface area contributed by atoms with Crippen LogP contribution in [0.5, 0.6) is 11.5 Å². The highest BCUT2D eigenvalue weighted by Crippen LogP contribution is 2.32. The van der Waals surface area contributed by atoms with Crippen molar-refractivity contribution < 1.29 is 15.0 Å². The van der Waals surface area contributed by atoms with Gasteiger partial charge in [-0.15, -0.1) is 0 Å². The smallest absolute Gasteiger partial charge is 0.250 e. The Labute approximate surface area is 81.5 Å². The summed E-state index contributed by atoms with van der Waals surface area (Å²) < 4.78 is 0. The maximum absolute atomic E-state index is 11.2. The monoisotopic (exact) mass is 193 g/mol. The molecule has 0 aliphatic carbocycles. The number of carbonyl (C=O) groups is 1. The molecule has 0 atom stereocenters. The summed E-state index contributed by atoms with van der Waals surface area (Å²) in [5.74, 6) is -0.805. The molecule has 0 fully saturated rings. The topological polar surface area (TPSA) is 69.6 Å². The van der Waals surface area contributed by atoms with Crippen molar-refractivity contribution in [3.05, 3.63) is 30.4 Å². The molecule has 0 aromatic heterocycles. The van der Waals surface area contributed by atoms with Crippen molar-refractivity contribution in [1.29, 1.82) is 0 Å². The fourth-order valence-electron chi connectivity index (χ4n) is 0.877. The maximum atomic E-state index is 11.2. The van der Waals surface area contributed by atoms with Crippen LogP contribution in [0, 0.1) is 0 Å². The van der Waals surface area contributed by atoms with Gasteiger partial charge in [-0.05, 0) is 19.1 Å². The van der Waals surface area contributed by atoms with Gasteiger partial charge in [0.05, 0.1) is 0 Å². The number of anilines is 1. The summed E-state index contributed by atoms with van der Waals surface area (Å²) in [4.78, 5) is 11.2. The molecule has 0 radical (unpaired) electrons. The fraction of sp³-hybridized carbons (Fsp3) is 0.100. The van der Waals surface area contributed by atoms with Crippen LogP contribution in [-0.2, 0) is 4.79 Å². The molecule has 0 bridgehead atoms. The van der Waals surface area contributed by atoms with Crippen molar-refractivity contribution in [2.24, 2.45) is 0 Å². The first-order chi connectivity index (χ1) is 6.52. The number of benzene rings is 1. The van der Waals surface area contributed by atoms with E-state index in [0.29, 0.717) is 5.57 Å². The molecular weight excluding hydrogens is 182 g/mol. The first-order valence-corrected chi connectivity index (χ1v) is 4.00. The van der Waals surface area contributed by atoms with E-state index in [9.17, 15) is 15.0 Å². The Kier molecular flexibility index (Phi) is 2.76. The number of phenolic OH excluding ortho intramolecular Hbond substituents is 2. The lowest BCUT2D eigenvalue weighted by molar-refractivity contribution is -0.112. The second-order valence-electron chi connectivity index (χ2n) is 2.91. The normalized spacial score (nSPS) is 9.50. The molecular formula is C10H11NO3. The zero-order chi connectivity index (χ0) is 10.7. The van der Waals surface area contributed by atoms with Gasteiger partial charge in [-0.3, -0.25) is 4.79 Å². The van der Waals surface area contributed by atoms with E-state index in [-0.39, 0.29) is 17.2 Å². The Morgan fingerprint density at radius 1 is 1.36 bits per heavy atom. The molecule has 0 spiro atoms. The number of amides is 1. The average molecular weight is 193 g/mol. The first kappa shape index (κ1) is 10.1. The number of hydrogen-bond donors (Lipinski definition) is 3. The largest absolute Gasteiger partial charge is 0.506 e. The summed E-state index contributed by atoms with van der Waals surface area (Å²) in [7, 11) is 0. The molecule has 4 heteroatoms. The fourth-order valence-corrected chi connectivity index (χ4v) is 0.877. The summed E-state index contributed by atoms with van der Waals surface area (Å²) in [5.41, 5.74) is 0.299. The van der Waals surface area contributed by atoms with Gasteiger partial charge >= 0.3 is 0 Å². The molecule has 1 aromatic carbocycles. The molecule has 1 rings (SSSR count). The Morgan fingerprint density at radius 2 is 1.86 bits per heavy atom. The third-order valence-electron chi connectivity index (χ3n) is 1.65. The van der Waals surface area contributed by atoms with Gasteiger partial charge in [-0.2, -0.15) is 0 Å². The number of phenols is 2. The van der Waals surface area contributed by atoms with E-state index < -0.39 is 5.91 Å². The molecule has 0 aliphatic rings. The van der Waals surface area contributed by atoms with Crippen LogP contribution in [-0.4, -0.2) is 16.1 Å². The highest BCUT2D eigenvalue weighted by Gasteiger charge is 2.10. The number of carbonyl (C=O) groups excluding carboxylic acids is 1. The number of aromatic hydroxyl groups is 2. The van der Waals surface area contributed by atoms with Gasteiger partial charge in [0.1, 0.15) is 17.2 Å². The summed E-state index contributed by atoms with van der Waals surface area (Å²) in [5, 5.41) is 21.0. The lowest BCUT2D eigenvalue weighted by Crippen LogP contribution is -2.11. The molecule has 0 heterocycles. The predicted molar refractivity (Wildman–Crippen MR) is 53.2 cm³/mol. The van der Waals surface area contributed by atoms with E-state index in [1.165, 1.54) is 25.1 Å². The maximum Gasteiger partial charge on any atom is 0.250 e. The van der Waals surface area contributed by atoms with Crippen LogP contribution in [0.2, 0.25) is 0 Å². The second kappa shape index (κ2) is 3.83. The minimum absolute atomic E-state index is 0.000463. The Hall–Kier alpha value is -1.97. The van der Waals surface area contributed by atoms with Gasteiger partial charge in [0.2, 0.25) is 0 Å². The van der Waals surface area contributed by atoms with Gasteiger partial charge in [-0.1, -0.05) is 12.6 Å². The lowest BCUT2D eigenvalue weighted by atomic mass is 10.2. The standard InChI is InChI=1S/C10H11NO3/c1-6(2)10(14)11-9-7(12)4-3-5-8(9)13/h3-5,12-13H,1H2,2H3,(H,11,14). The van der Waals surface area contributed by atoms with Crippen LogP contribution in [0.15, 0.2) is 30.4 Å². The van der Waals surface area contributed by atoms with Crippen molar-refractivity contribution in [3.8, 4) is 11.5 Å². The van der Waals surface area contributed by atoms with E-state index in [1.807, 2.05) is 0 Å². The number of rotatable bonds is 2. The molecule has 74 valence electrons. The Morgan fingerprint density at radius 3 is 2.29 bits per heavy atom. The van der Waals surface area contributed by atoms with E-state index in [1.54, 1.807) is 0 Å². The van der Waals surface area contributed by atoms with Crippen LogP contribution < -0.4 is 5.32 Å². The van der Waals surface area contributed by atoms with Crippen molar-refractivity contribution in [2.75, 3.05) is 5.32 Å². The summed E-state index contributed by atoms with van der Waals surface area (Å²) in [6.45, 7) is 4.97. The van der Waals surface area contributed by atoms with Gasteiger partial charge in [0, 0.05) is 5.57 Å². The minimum Gasteiger partial charge on any atom is -0.506 e. The zero-order valence-corrected chi connectivity index (χ0v) is 7.74. The van der Waals surface area contributed by atoms with Gasteiger partial charge in [-0.25, -0.2) is 0 Å². The molecule has 0 unspecified atom stereocenters. The Bertz CT molecular complexity index is 365. The summed E-state index contributed by atoms with van der Waals surface area (Å²) in [6, 6.07) is 4.21. The third-order valence-corrected chi connectivity index (χ3v) is 1.65. The molecule has 0 aliphatic heterocycles. The SMILES string of the molecule is C=C(C)C(=O)Nc1c(O)cccc1O. The highest BCUT2D eigenvalue weighted by atomic mass is 16.3. The van der Waals surface area contributed by atoms with E-state index in [4.69, 9.17) is 0 Å². The van der Waals surface area contributed by atoms with Gasteiger partial charge in [0.25, 0.3) is 5.91 Å². The summed E-state index contributed by atoms with van der Waals surface area (Å²) >= 11 is 0. The van der Waals surface area contributed by atoms with Crippen molar-refractivity contribution in [2.45, 2.75) is 6.92 Å². The first-order valence-electron chi connectivity index (χ1n) is 4.00. The van der Waals surface area contributed by atoms with Gasteiger partial charge < -0.3 is 15.5 Å². The lowest BCUT2D eigenvalue weighted by Gasteiger charge is -2.08. The highest BCUT2D eigenvalue weighted by molar-refractivity contribution is 6.04. The average Bonchev–Trinajstić information content (AvgIpc) is 2.11. The molecule has 1 aromatic rings. The summed E-state index contributed by atoms with van der Waals surface area (Å²) in [6.07, 6.45) is 0. The zero-order valence-electron chi connectivity index (χ0n) is 7.74. The minimum atomic E-state index is -0.443. The van der Waals surface area contributed by atoms with Crippen molar-refractivity contribution in [3.63, 3.8) is 0 Å². The number of para-hydroxylation sites is 1. The van der Waals surface area contributed by atoms with Crippen LogP contribution in [0.3, 0.4) is 0 Å². The molecule has 0 saturated carbocycles. The Balaban J connectivity index is 2.97.